The number of hydrogen-bond donors (Lipinski definition) is 2. The van der Waals surface area contributed by atoms with Gasteiger partial charge in [-0.05, 0) is 32.4 Å². The molecule has 3 atom stereocenters. The van der Waals surface area contributed by atoms with Crippen LogP contribution in [0.5, 0.6) is 0 Å². The van der Waals surface area contributed by atoms with Crippen LogP contribution in [0.25, 0.3) is 0 Å². The zero-order chi connectivity index (χ0) is 11.1. The average molecular weight is 219 g/mol. The summed E-state index contributed by atoms with van der Waals surface area (Å²) in [6.45, 7) is 9.09. The molecule has 0 aromatic carbocycles. The van der Waals surface area contributed by atoms with Gasteiger partial charge in [0, 0.05) is 17.3 Å². The molecule has 14 heavy (non-hydrogen) atoms. The molecule has 0 aliphatic carbocycles. The van der Waals surface area contributed by atoms with E-state index in [4.69, 9.17) is 5.11 Å². The smallest absolute Gasteiger partial charge is 0.0564 e. The molecule has 0 saturated heterocycles. The lowest BCUT2D eigenvalue weighted by atomic mass is 10.0. The SMILES string of the molecule is CSC(CO)C(C)NC(C)CC(C)C. The van der Waals surface area contributed by atoms with Crippen LogP contribution >= 0.6 is 11.8 Å². The van der Waals surface area contributed by atoms with Crippen molar-refractivity contribution in [2.45, 2.75) is 51.4 Å². The van der Waals surface area contributed by atoms with Gasteiger partial charge in [-0.25, -0.2) is 0 Å². The van der Waals surface area contributed by atoms with E-state index in [0.717, 1.165) is 5.92 Å². The third-order valence-electron chi connectivity index (χ3n) is 2.41. The van der Waals surface area contributed by atoms with Crippen LogP contribution in [0.2, 0.25) is 0 Å². The van der Waals surface area contributed by atoms with Crippen molar-refractivity contribution in [3.8, 4) is 0 Å². The summed E-state index contributed by atoms with van der Waals surface area (Å²) in [6, 6.07) is 0.912. The van der Waals surface area contributed by atoms with Gasteiger partial charge in [-0.1, -0.05) is 13.8 Å². The van der Waals surface area contributed by atoms with Gasteiger partial charge in [0.2, 0.25) is 0 Å². The standard InChI is InChI=1S/C11H25NOS/c1-8(2)6-9(3)12-10(4)11(7-13)14-5/h8-13H,6-7H2,1-5H3. The van der Waals surface area contributed by atoms with Gasteiger partial charge in [0.25, 0.3) is 0 Å². The van der Waals surface area contributed by atoms with Crippen molar-refractivity contribution in [3.63, 3.8) is 0 Å². The van der Waals surface area contributed by atoms with E-state index in [9.17, 15) is 0 Å². The van der Waals surface area contributed by atoms with E-state index in [1.807, 2.05) is 6.26 Å². The van der Waals surface area contributed by atoms with Crippen molar-refractivity contribution >= 4 is 11.8 Å². The monoisotopic (exact) mass is 219 g/mol. The number of rotatable bonds is 7. The predicted molar refractivity (Wildman–Crippen MR) is 65.9 cm³/mol. The van der Waals surface area contributed by atoms with Crippen LogP contribution in [0, 0.1) is 5.92 Å². The summed E-state index contributed by atoms with van der Waals surface area (Å²) in [6.07, 6.45) is 3.24. The molecule has 86 valence electrons. The zero-order valence-corrected chi connectivity index (χ0v) is 10.9. The van der Waals surface area contributed by atoms with Gasteiger partial charge in [0.05, 0.1) is 6.61 Å². The first kappa shape index (κ1) is 14.3. The summed E-state index contributed by atoms with van der Waals surface area (Å²) < 4.78 is 0. The first-order valence-electron chi connectivity index (χ1n) is 5.41. The van der Waals surface area contributed by atoms with Crippen LogP contribution in [-0.4, -0.2) is 35.3 Å². The number of nitrogens with one attached hydrogen (secondary N) is 1. The Kier molecular flexibility index (Phi) is 7.69. The molecule has 3 unspecified atom stereocenters. The van der Waals surface area contributed by atoms with E-state index in [2.05, 4.69) is 33.0 Å². The third kappa shape index (κ3) is 5.89. The number of thioether (sulfide) groups is 1. The van der Waals surface area contributed by atoms with Crippen LogP contribution < -0.4 is 5.32 Å². The van der Waals surface area contributed by atoms with Gasteiger partial charge in [-0.2, -0.15) is 11.8 Å². The van der Waals surface area contributed by atoms with E-state index in [1.54, 1.807) is 11.8 Å². The largest absolute Gasteiger partial charge is 0.395 e. The molecule has 3 heteroatoms. The average Bonchev–Trinajstić information content (AvgIpc) is 2.04. The highest BCUT2D eigenvalue weighted by Crippen LogP contribution is 2.12. The summed E-state index contributed by atoms with van der Waals surface area (Å²) in [5.74, 6) is 0.728. The molecule has 0 aliphatic rings. The Hall–Kier alpha value is 0.270. The highest BCUT2D eigenvalue weighted by molar-refractivity contribution is 7.99. The molecule has 0 fully saturated rings. The quantitative estimate of drug-likeness (QED) is 0.688. The molecule has 0 radical (unpaired) electrons. The molecule has 0 spiro atoms. The van der Waals surface area contributed by atoms with Crippen LogP contribution in [0.3, 0.4) is 0 Å². The summed E-state index contributed by atoms with van der Waals surface area (Å²) in [4.78, 5) is 0. The van der Waals surface area contributed by atoms with Gasteiger partial charge in [0.1, 0.15) is 0 Å². The summed E-state index contributed by atoms with van der Waals surface area (Å²) in [7, 11) is 0. The van der Waals surface area contributed by atoms with Crippen molar-refractivity contribution in [1.82, 2.24) is 5.32 Å². The first-order chi connectivity index (χ1) is 6.51. The number of aliphatic hydroxyl groups is 1. The Bertz CT molecular complexity index is 137. The number of aliphatic hydroxyl groups excluding tert-OH is 1. The van der Waals surface area contributed by atoms with Crippen molar-refractivity contribution < 1.29 is 5.11 Å². The molecular weight excluding hydrogens is 194 g/mol. The molecule has 0 bridgehead atoms. The fourth-order valence-electron chi connectivity index (χ4n) is 1.77. The summed E-state index contributed by atoms with van der Waals surface area (Å²) in [5.41, 5.74) is 0. The Labute approximate surface area is 92.9 Å². The number of hydrogen-bond acceptors (Lipinski definition) is 3. The Morgan fingerprint density at radius 2 is 1.79 bits per heavy atom. The molecule has 2 nitrogen and oxygen atoms in total. The van der Waals surface area contributed by atoms with Crippen molar-refractivity contribution in [2.24, 2.45) is 5.92 Å². The van der Waals surface area contributed by atoms with Crippen molar-refractivity contribution in [2.75, 3.05) is 12.9 Å². The van der Waals surface area contributed by atoms with Crippen LogP contribution in [0.1, 0.15) is 34.1 Å². The minimum atomic E-state index is 0.254. The molecule has 0 rings (SSSR count). The van der Waals surface area contributed by atoms with Crippen LogP contribution in [0.4, 0.5) is 0 Å². The highest BCUT2D eigenvalue weighted by atomic mass is 32.2. The van der Waals surface area contributed by atoms with Gasteiger partial charge in [-0.15, -0.1) is 0 Å². The lowest BCUT2D eigenvalue weighted by Crippen LogP contribution is -2.42. The fourth-order valence-corrected chi connectivity index (χ4v) is 2.40. The van der Waals surface area contributed by atoms with Gasteiger partial charge in [0.15, 0.2) is 0 Å². The third-order valence-corrected chi connectivity index (χ3v) is 3.58. The van der Waals surface area contributed by atoms with E-state index in [1.165, 1.54) is 6.42 Å². The minimum absolute atomic E-state index is 0.254. The molecule has 0 saturated carbocycles. The lowest BCUT2D eigenvalue weighted by Gasteiger charge is -2.26. The second kappa shape index (κ2) is 7.55. The second-order valence-electron chi connectivity index (χ2n) is 4.44. The molecule has 0 heterocycles. The summed E-state index contributed by atoms with van der Waals surface area (Å²) >= 11 is 1.73. The molecule has 0 aromatic rings. The topological polar surface area (TPSA) is 32.3 Å². The lowest BCUT2D eigenvalue weighted by molar-refractivity contribution is 0.268. The normalized spacial score (nSPS) is 18.2. The predicted octanol–water partition coefficient (Wildman–Crippen LogP) is 2.12. The molecule has 0 aromatic heterocycles. The Morgan fingerprint density at radius 1 is 1.21 bits per heavy atom. The fraction of sp³-hybridized carbons (Fsp3) is 1.00. The van der Waals surface area contributed by atoms with E-state index in [0.29, 0.717) is 17.3 Å². The highest BCUT2D eigenvalue weighted by Gasteiger charge is 2.17. The molecule has 2 N–H and O–H groups in total. The van der Waals surface area contributed by atoms with Crippen LogP contribution in [-0.2, 0) is 0 Å². The Balaban J connectivity index is 3.84. The van der Waals surface area contributed by atoms with E-state index < -0.39 is 0 Å². The minimum Gasteiger partial charge on any atom is -0.395 e. The first-order valence-corrected chi connectivity index (χ1v) is 6.69. The molecule has 0 aliphatic heterocycles. The van der Waals surface area contributed by atoms with Gasteiger partial charge < -0.3 is 10.4 Å². The molecular formula is C11H25NOS. The maximum Gasteiger partial charge on any atom is 0.0564 e. The van der Waals surface area contributed by atoms with E-state index in [-0.39, 0.29) is 6.61 Å². The summed E-state index contributed by atoms with van der Waals surface area (Å²) in [5, 5.41) is 13.0. The van der Waals surface area contributed by atoms with Crippen LogP contribution in [0.15, 0.2) is 0 Å². The maximum atomic E-state index is 9.13. The maximum absolute atomic E-state index is 9.13. The van der Waals surface area contributed by atoms with Crippen molar-refractivity contribution in [3.05, 3.63) is 0 Å². The van der Waals surface area contributed by atoms with Gasteiger partial charge >= 0.3 is 0 Å². The van der Waals surface area contributed by atoms with E-state index >= 15 is 0 Å². The zero-order valence-electron chi connectivity index (χ0n) is 10.1. The van der Waals surface area contributed by atoms with Crippen molar-refractivity contribution in [1.29, 1.82) is 0 Å². The molecule has 0 amide bonds. The van der Waals surface area contributed by atoms with Gasteiger partial charge in [-0.3, -0.25) is 0 Å². The second-order valence-corrected chi connectivity index (χ2v) is 5.52. The Morgan fingerprint density at radius 3 is 2.14 bits per heavy atom.